The number of aromatic nitrogens is 1. The fourth-order valence-electron chi connectivity index (χ4n) is 3.20. The average molecular weight is 318 g/mol. The van der Waals surface area contributed by atoms with Crippen LogP contribution in [0.2, 0.25) is 0 Å². The Balaban J connectivity index is 1.90. The van der Waals surface area contributed by atoms with Gasteiger partial charge in [0.1, 0.15) is 5.75 Å². The number of rotatable bonds is 2. The monoisotopic (exact) mass is 318 g/mol. The Labute approximate surface area is 134 Å². The Hall–Kier alpha value is -1.62. The minimum atomic E-state index is 0.0926. The lowest BCUT2D eigenvalue weighted by atomic mass is 9.89. The van der Waals surface area contributed by atoms with Crippen LogP contribution < -0.4 is 5.32 Å². The molecule has 0 atom stereocenters. The van der Waals surface area contributed by atoms with Gasteiger partial charge in [-0.1, -0.05) is 30.6 Å². The van der Waals surface area contributed by atoms with Crippen LogP contribution in [0.15, 0.2) is 0 Å². The maximum Gasteiger partial charge on any atom is 0.229 e. The number of hydrogen-bond acceptors (Lipinski definition) is 4. The lowest BCUT2D eigenvalue weighted by Crippen LogP contribution is -2.24. The molecule has 1 saturated carbocycles. The fraction of sp³-hybridized carbons (Fsp3) is 0.529. The number of nitrogens with zero attached hydrogens (tertiary/aromatic N) is 1. The highest BCUT2D eigenvalue weighted by Crippen LogP contribution is 2.38. The summed E-state index contributed by atoms with van der Waals surface area (Å²) in [4.78, 5) is 16.9. The average Bonchev–Trinajstić information content (AvgIpc) is 2.95. The van der Waals surface area contributed by atoms with Crippen molar-refractivity contribution in [2.45, 2.75) is 52.9 Å². The van der Waals surface area contributed by atoms with Crippen molar-refractivity contribution in [1.82, 2.24) is 4.98 Å². The molecule has 2 N–H and O–H groups in total. The predicted molar refractivity (Wildman–Crippen MR) is 90.7 cm³/mol. The van der Waals surface area contributed by atoms with E-state index in [1.54, 1.807) is 0 Å². The van der Waals surface area contributed by atoms with Gasteiger partial charge in [-0.25, -0.2) is 4.98 Å². The van der Waals surface area contributed by atoms with Gasteiger partial charge in [-0.15, -0.1) is 0 Å². The molecule has 1 aromatic heterocycles. The lowest BCUT2D eigenvalue weighted by Gasteiger charge is -2.19. The lowest BCUT2D eigenvalue weighted by molar-refractivity contribution is -0.120. The minimum absolute atomic E-state index is 0.0926. The van der Waals surface area contributed by atoms with Gasteiger partial charge < -0.3 is 10.4 Å². The number of aryl methyl sites for hydroxylation is 2. The van der Waals surface area contributed by atoms with Crippen molar-refractivity contribution in [3.8, 4) is 5.75 Å². The second kappa shape index (κ2) is 5.88. The molecule has 1 aliphatic rings. The number of anilines is 1. The highest BCUT2D eigenvalue weighted by atomic mass is 32.1. The first-order valence-electron chi connectivity index (χ1n) is 7.89. The number of thiazole rings is 1. The number of benzene rings is 1. The molecule has 5 heteroatoms. The summed E-state index contributed by atoms with van der Waals surface area (Å²) >= 11 is 1.45. The molecule has 0 bridgehead atoms. The van der Waals surface area contributed by atoms with E-state index in [0.29, 0.717) is 10.9 Å². The van der Waals surface area contributed by atoms with Crippen LogP contribution in [-0.2, 0) is 4.79 Å². The molecule has 0 aliphatic heterocycles. The van der Waals surface area contributed by atoms with Crippen molar-refractivity contribution in [2.75, 3.05) is 5.32 Å². The van der Waals surface area contributed by atoms with E-state index in [0.717, 1.165) is 52.6 Å². The molecule has 3 rings (SSSR count). The van der Waals surface area contributed by atoms with Crippen LogP contribution in [0, 0.1) is 26.7 Å². The van der Waals surface area contributed by atoms with Gasteiger partial charge in [0, 0.05) is 11.5 Å². The number of phenolic OH excluding ortho intramolecular Hbond substituents is 1. The van der Waals surface area contributed by atoms with Crippen molar-refractivity contribution >= 4 is 32.6 Å². The molecule has 4 nitrogen and oxygen atoms in total. The highest BCUT2D eigenvalue weighted by Gasteiger charge is 2.23. The van der Waals surface area contributed by atoms with Crippen LogP contribution in [0.1, 0.15) is 48.8 Å². The second-order valence-electron chi connectivity index (χ2n) is 6.24. The van der Waals surface area contributed by atoms with E-state index < -0.39 is 0 Å². The van der Waals surface area contributed by atoms with Crippen molar-refractivity contribution in [1.29, 1.82) is 0 Å². The summed E-state index contributed by atoms with van der Waals surface area (Å²) in [6.07, 6.45) is 5.48. The Morgan fingerprint density at radius 3 is 2.50 bits per heavy atom. The zero-order valence-corrected chi connectivity index (χ0v) is 14.1. The smallest absolute Gasteiger partial charge is 0.229 e. The molecule has 1 fully saturated rings. The third-order valence-corrected chi connectivity index (χ3v) is 5.89. The summed E-state index contributed by atoms with van der Waals surface area (Å²) < 4.78 is 0.958. The third kappa shape index (κ3) is 2.58. The molecule has 0 saturated heterocycles. The zero-order valence-electron chi connectivity index (χ0n) is 13.3. The maximum absolute atomic E-state index is 12.4. The normalized spacial score (nSPS) is 16.1. The number of carbonyl (C=O) groups is 1. The van der Waals surface area contributed by atoms with Crippen LogP contribution in [0.3, 0.4) is 0 Å². The summed E-state index contributed by atoms with van der Waals surface area (Å²) in [5, 5.41) is 13.8. The molecule has 118 valence electrons. The van der Waals surface area contributed by atoms with E-state index in [2.05, 4.69) is 10.3 Å². The Morgan fingerprint density at radius 2 is 1.82 bits per heavy atom. The molecule has 0 spiro atoms. The standard InChI is InChI=1S/C17H22N2O2S/c1-9-10(2)14(20)11(3)15-13(9)18-17(22-15)19-16(21)12-7-5-4-6-8-12/h12,20H,4-8H2,1-3H3,(H,18,19,21). The van der Waals surface area contributed by atoms with Gasteiger partial charge >= 0.3 is 0 Å². The molecule has 1 amide bonds. The predicted octanol–water partition coefficient (Wildman–Crippen LogP) is 4.45. The largest absolute Gasteiger partial charge is 0.507 e. The molecule has 22 heavy (non-hydrogen) atoms. The van der Waals surface area contributed by atoms with Gasteiger partial charge in [-0.2, -0.15) is 0 Å². The van der Waals surface area contributed by atoms with Gasteiger partial charge in [0.25, 0.3) is 0 Å². The highest BCUT2D eigenvalue weighted by molar-refractivity contribution is 7.22. The van der Waals surface area contributed by atoms with Gasteiger partial charge in [-0.3, -0.25) is 4.79 Å². The Bertz CT molecular complexity index is 685. The summed E-state index contributed by atoms with van der Waals surface area (Å²) in [6.45, 7) is 5.76. The first-order valence-corrected chi connectivity index (χ1v) is 8.70. The zero-order chi connectivity index (χ0) is 15.9. The van der Waals surface area contributed by atoms with Gasteiger partial charge in [0.05, 0.1) is 10.2 Å². The number of nitrogens with one attached hydrogen (secondary N) is 1. The number of fused-ring (bicyclic) bond motifs is 1. The molecule has 1 aromatic carbocycles. The van der Waals surface area contributed by atoms with Gasteiger partial charge in [-0.05, 0) is 44.7 Å². The molecule has 0 radical (unpaired) electrons. The van der Waals surface area contributed by atoms with E-state index in [-0.39, 0.29) is 11.8 Å². The minimum Gasteiger partial charge on any atom is -0.507 e. The Kier molecular flexibility index (Phi) is 4.08. The molecule has 1 aliphatic carbocycles. The number of carbonyl (C=O) groups excluding carboxylic acids is 1. The number of aromatic hydroxyl groups is 1. The quantitative estimate of drug-likeness (QED) is 0.860. The second-order valence-corrected chi connectivity index (χ2v) is 7.24. The molecular weight excluding hydrogens is 296 g/mol. The van der Waals surface area contributed by atoms with Crippen LogP contribution in [0.25, 0.3) is 10.2 Å². The fourth-order valence-corrected chi connectivity index (χ4v) is 4.23. The van der Waals surface area contributed by atoms with Crippen molar-refractivity contribution in [2.24, 2.45) is 5.92 Å². The summed E-state index contributed by atoms with van der Waals surface area (Å²) in [7, 11) is 0. The first-order chi connectivity index (χ1) is 10.5. The van der Waals surface area contributed by atoms with Crippen molar-refractivity contribution in [3.63, 3.8) is 0 Å². The third-order valence-electron chi connectivity index (χ3n) is 4.80. The van der Waals surface area contributed by atoms with E-state index in [1.165, 1.54) is 17.8 Å². The van der Waals surface area contributed by atoms with Crippen molar-refractivity contribution in [3.05, 3.63) is 16.7 Å². The van der Waals surface area contributed by atoms with Crippen molar-refractivity contribution < 1.29 is 9.90 Å². The van der Waals surface area contributed by atoms with E-state index in [4.69, 9.17) is 0 Å². The van der Waals surface area contributed by atoms with Crippen LogP contribution >= 0.6 is 11.3 Å². The number of hydrogen-bond donors (Lipinski definition) is 2. The van der Waals surface area contributed by atoms with Crippen LogP contribution in [0.5, 0.6) is 5.75 Å². The molecule has 1 heterocycles. The summed E-state index contributed by atoms with van der Waals surface area (Å²) in [6, 6.07) is 0. The van der Waals surface area contributed by atoms with E-state index >= 15 is 0 Å². The van der Waals surface area contributed by atoms with Gasteiger partial charge in [0.15, 0.2) is 5.13 Å². The number of amides is 1. The topological polar surface area (TPSA) is 62.2 Å². The number of phenols is 1. The van der Waals surface area contributed by atoms with Crippen LogP contribution in [0.4, 0.5) is 5.13 Å². The van der Waals surface area contributed by atoms with Crippen LogP contribution in [-0.4, -0.2) is 16.0 Å². The molecule has 2 aromatic rings. The SMILES string of the molecule is Cc1c(O)c(C)c2sc(NC(=O)C3CCCCC3)nc2c1C. The first kappa shape index (κ1) is 15.3. The van der Waals surface area contributed by atoms with E-state index in [1.807, 2.05) is 20.8 Å². The summed E-state index contributed by atoms with van der Waals surface area (Å²) in [5.74, 6) is 0.548. The molecular formula is C17H22N2O2S. The Morgan fingerprint density at radius 1 is 1.14 bits per heavy atom. The maximum atomic E-state index is 12.4. The summed E-state index contributed by atoms with van der Waals surface area (Å²) in [5.41, 5.74) is 3.57. The molecule has 0 unspecified atom stereocenters. The van der Waals surface area contributed by atoms with Gasteiger partial charge in [0.2, 0.25) is 5.91 Å². The van der Waals surface area contributed by atoms with E-state index in [9.17, 15) is 9.90 Å².